The second kappa shape index (κ2) is 5.72. The van der Waals surface area contributed by atoms with E-state index in [0.717, 1.165) is 18.9 Å². The first-order valence-corrected chi connectivity index (χ1v) is 6.27. The van der Waals surface area contributed by atoms with Crippen molar-refractivity contribution < 1.29 is 24.0 Å². The molecule has 2 heterocycles. The topological polar surface area (TPSA) is 113 Å². The number of carbonyl (C=O) groups is 3. The fraction of sp³-hybridized carbons (Fsp3) is 0.500. The number of amides is 2. The molecular weight excluding hydrogens is 266 g/mol. The van der Waals surface area contributed by atoms with Crippen LogP contribution >= 0.6 is 0 Å². The maximum Gasteiger partial charge on any atom is 0.374 e. The summed E-state index contributed by atoms with van der Waals surface area (Å²) in [5.74, 6) is -2.42. The van der Waals surface area contributed by atoms with Crippen molar-refractivity contribution in [3.63, 3.8) is 0 Å². The second-order valence-corrected chi connectivity index (χ2v) is 4.51. The van der Waals surface area contributed by atoms with Crippen molar-refractivity contribution in [1.29, 1.82) is 0 Å². The Morgan fingerprint density at radius 1 is 1.45 bits per heavy atom. The molecule has 2 N–H and O–H groups in total. The molecule has 0 aromatic carbocycles. The first kappa shape index (κ1) is 14.0. The van der Waals surface area contributed by atoms with Crippen molar-refractivity contribution in [2.24, 2.45) is 0 Å². The van der Waals surface area contributed by atoms with Gasteiger partial charge in [0.05, 0.1) is 0 Å². The third-order valence-electron chi connectivity index (χ3n) is 3.25. The Labute approximate surface area is 114 Å². The van der Waals surface area contributed by atoms with Crippen LogP contribution < -0.4 is 5.32 Å². The van der Waals surface area contributed by atoms with E-state index in [0.29, 0.717) is 13.0 Å². The smallest absolute Gasteiger partial charge is 0.374 e. The van der Waals surface area contributed by atoms with Crippen LogP contribution in [0.5, 0.6) is 0 Å². The summed E-state index contributed by atoms with van der Waals surface area (Å²) < 4.78 is 4.56. The lowest BCUT2D eigenvalue weighted by molar-refractivity contribution is -0.126. The Morgan fingerprint density at radius 3 is 2.80 bits per heavy atom. The van der Waals surface area contributed by atoms with Crippen molar-refractivity contribution >= 4 is 17.8 Å². The Morgan fingerprint density at radius 2 is 2.20 bits per heavy atom. The molecule has 0 aliphatic carbocycles. The molecule has 1 unspecified atom stereocenters. The highest BCUT2D eigenvalue weighted by Gasteiger charge is 2.33. The predicted molar refractivity (Wildman–Crippen MR) is 66.2 cm³/mol. The maximum atomic E-state index is 12.3. The highest BCUT2D eigenvalue weighted by molar-refractivity contribution is 5.97. The van der Waals surface area contributed by atoms with Gasteiger partial charge in [-0.1, -0.05) is 5.16 Å². The van der Waals surface area contributed by atoms with Gasteiger partial charge in [0.2, 0.25) is 11.7 Å². The zero-order valence-electron chi connectivity index (χ0n) is 11.0. The number of nitrogens with one attached hydrogen (secondary N) is 1. The van der Waals surface area contributed by atoms with E-state index in [2.05, 4.69) is 15.0 Å². The zero-order valence-corrected chi connectivity index (χ0v) is 11.0. The van der Waals surface area contributed by atoms with Gasteiger partial charge in [-0.3, -0.25) is 9.59 Å². The van der Waals surface area contributed by atoms with Gasteiger partial charge in [-0.25, -0.2) is 4.79 Å². The highest BCUT2D eigenvalue weighted by atomic mass is 16.5. The molecule has 8 nitrogen and oxygen atoms in total. The van der Waals surface area contributed by atoms with Gasteiger partial charge in [0.15, 0.2) is 5.69 Å². The SMILES string of the molecule is CNC(=O)C1CCCCN1C(=O)c1cc(C(=O)O)on1. The van der Waals surface area contributed by atoms with Gasteiger partial charge in [0, 0.05) is 19.7 Å². The number of carbonyl (C=O) groups excluding carboxylic acids is 2. The largest absolute Gasteiger partial charge is 0.475 e. The minimum atomic E-state index is -1.29. The molecule has 0 spiro atoms. The lowest BCUT2D eigenvalue weighted by atomic mass is 10.0. The third-order valence-corrected chi connectivity index (χ3v) is 3.25. The van der Waals surface area contributed by atoms with Crippen LogP contribution in [-0.2, 0) is 4.79 Å². The van der Waals surface area contributed by atoms with Gasteiger partial charge < -0.3 is 19.8 Å². The van der Waals surface area contributed by atoms with Crippen molar-refractivity contribution in [3.8, 4) is 0 Å². The Hall–Kier alpha value is -2.38. The summed E-state index contributed by atoms with van der Waals surface area (Å²) in [7, 11) is 1.51. The zero-order chi connectivity index (χ0) is 14.7. The summed E-state index contributed by atoms with van der Waals surface area (Å²) in [6, 6.07) is 0.520. The number of likely N-dealkylation sites (tertiary alicyclic amines) is 1. The molecule has 0 saturated carbocycles. The standard InChI is InChI=1S/C12H15N3O5/c1-13-10(16)8-4-2-3-5-15(8)11(17)7-6-9(12(18)19)20-14-7/h6,8H,2-5H2,1H3,(H,13,16)(H,18,19). The van der Waals surface area contributed by atoms with Crippen LogP contribution in [0.15, 0.2) is 10.6 Å². The number of hydrogen-bond donors (Lipinski definition) is 2. The van der Waals surface area contributed by atoms with E-state index in [9.17, 15) is 14.4 Å². The maximum absolute atomic E-state index is 12.3. The van der Waals surface area contributed by atoms with Crippen molar-refractivity contribution in [2.45, 2.75) is 25.3 Å². The number of likely N-dealkylation sites (N-methyl/N-ethyl adjacent to an activating group) is 1. The molecule has 2 amide bonds. The van der Waals surface area contributed by atoms with Crippen LogP contribution in [0.25, 0.3) is 0 Å². The van der Waals surface area contributed by atoms with Gasteiger partial charge in [0.25, 0.3) is 5.91 Å². The Balaban J connectivity index is 2.20. The van der Waals surface area contributed by atoms with Crippen molar-refractivity contribution in [2.75, 3.05) is 13.6 Å². The molecule has 2 rings (SSSR count). The van der Waals surface area contributed by atoms with E-state index in [1.807, 2.05) is 0 Å². The number of aromatic carboxylic acids is 1. The first-order valence-electron chi connectivity index (χ1n) is 6.27. The van der Waals surface area contributed by atoms with Crippen LogP contribution in [-0.4, -0.2) is 52.6 Å². The molecule has 1 aromatic heterocycles. The minimum Gasteiger partial charge on any atom is -0.475 e. The Bertz CT molecular complexity index is 539. The third kappa shape index (κ3) is 2.63. The lowest BCUT2D eigenvalue weighted by Crippen LogP contribution is -2.51. The summed E-state index contributed by atoms with van der Waals surface area (Å²) in [5, 5.41) is 14.7. The molecule has 1 aliphatic heterocycles. The molecule has 1 atom stereocenters. The van der Waals surface area contributed by atoms with Crippen LogP contribution in [0, 0.1) is 0 Å². The summed E-state index contributed by atoms with van der Waals surface area (Å²) in [4.78, 5) is 36.2. The normalized spacial score (nSPS) is 18.6. The summed E-state index contributed by atoms with van der Waals surface area (Å²) in [6.45, 7) is 0.437. The number of piperidine rings is 1. The van der Waals surface area contributed by atoms with Crippen molar-refractivity contribution in [3.05, 3.63) is 17.5 Å². The average molecular weight is 281 g/mol. The van der Waals surface area contributed by atoms with E-state index in [1.165, 1.54) is 11.9 Å². The monoisotopic (exact) mass is 281 g/mol. The van der Waals surface area contributed by atoms with E-state index < -0.39 is 23.7 Å². The quantitative estimate of drug-likeness (QED) is 0.813. The number of aromatic nitrogens is 1. The van der Waals surface area contributed by atoms with E-state index in [4.69, 9.17) is 5.11 Å². The van der Waals surface area contributed by atoms with Gasteiger partial charge in [-0.2, -0.15) is 0 Å². The number of rotatable bonds is 3. The fourth-order valence-corrected chi connectivity index (χ4v) is 2.24. The molecule has 8 heteroatoms. The molecule has 1 aromatic rings. The van der Waals surface area contributed by atoms with E-state index >= 15 is 0 Å². The lowest BCUT2D eigenvalue weighted by Gasteiger charge is -2.33. The van der Waals surface area contributed by atoms with E-state index in [1.54, 1.807) is 0 Å². The van der Waals surface area contributed by atoms with Gasteiger partial charge in [-0.15, -0.1) is 0 Å². The van der Waals surface area contributed by atoms with Gasteiger partial charge in [0.1, 0.15) is 6.04 Å². The second-order valence-electron chi connectivity index (χ2n) is 4.51. The average Bonchev–Trinajstić information content (AvgIpc) is 2.95. The molecule has 1 saturated heterocycles. The molecule has 1 aliphatic rings. The summed E-state index contributed by atoms with van der Waals surface area (Å²) >= 11 is 0. The van der Waals surface area contributed by atoms with Crippen LogP contribution in [0.3, 0.4) is 0 Å². The number of hydrogen-bond acceptors (Lipinski definition) is 5. The summed E-state index contributed by atoms with van der Waals surface area (Å²) in [5.41, 5.74) is -0.0989. The molecule has 20 heavy (non-hydrogen) atoms. The minimum absolute atomic E-state index is 0.0989. The predicted octanol–water partition coefficient (Wildman–Crippen LogP) is 0.113. The number of carboxylic acid groups (broad SMARTS) is 1. The first-order chi connectivity index (χ1) is 9.54. The molecular formula is C12H15N3O5. The van der Waals surface area contributed by atoms with Gasteiger partial charge in [-0.05, 0) is 19.3 Å². The Kier molecular flexibility index (Phi) is 4.02. The fourth-order valence-electron chi connectivity index (χ4n) is 2.24. The molecule has 1 fully saturated rings. The van der Waals surface area contributed by atoms with E-state index in [-0.39, 0.29) is 11.6 Å². The number of carboxylic acids is 1. The molecule has 0 bridgehead atoms. The van der Waals surface area contributed by atoms with Crippen LogP contribution in [0.2, 0.25) is 0 Å². The van der Waals surface area contributed by atoms with Crippen LogP contribution in [0.4, 0.5) is 0 Å². The summed E-state index contributed by atoms with van der Waals surface area (Å²) in [6.07, 6.45) is 2.24. The number of nitrogens with zero attached hydrogens (tertiary/aromatic N) is 2. The highest BCUT2D eigenvalue weighted by Crippen LogP contribution is 2.20. The molecule has 108 valence electrons. The van der Waals surface area contributed by atoms with Crippen LogP contribution in [0.1, 0.15) is 40.3 Å². The molecule has 0 radical (unpaired) electrons. The van der Waals surface area contributed by atoms with Gasteiger partial charge >= 0.3 is 5.97 Å². The van der Waals surface area contributed by atoms with Crippen molar-refractivity contribution in [1.82, 2.24) is 15.4 Å².